The van der Waals surface area contributed by atoms with Crippen molar-refractivity contribution in [1.29, 1.82) is 5.26 Å². The van der Waals surface area contributed by atoms with E-state index in [0.29, 0.717) is 19.8 Å². The van der Waals surface area contributed by atoms with Gasteiger partial charge >= 0.3 is 5.97 Å². The summed E-state index contributed by atoms with van der Waals surface area (Å²) in [5.74, 6) is -0.00646. The van der Waals surface area contributed by atoms with Crippen LogP contribution in [0.4, 0.5) is 11.5 Å². The molecule has 0 aliphatic carbocycles. The lowest BCUT2D eigenvalue weighted by molar-refractivity contribution is -0.136. The van der Waals surface area contributed by atoms with Crippen LogP contribution in [0.3, 0.4) is 0 Å². The highest BCUT2D eigenvalue weighted by molar-refractivity contribution is 5.67. The molecule has 2 rings (SSSR count). The number of aliphatic carboxylic acids is 1. The number of ether oxygens (including phenoxy) is 1. The Kier molecular flexibility index (Phi) is 5.35. The van der Waals surface area contributed by atoms with Crippen molar-refractivity contribution < 1.29 is 14.6 Å². The molecule has 0 bridgehead atoms. The SMILES string of the molecule is N#CCN(CCC(=O)O)c1ccc(N2CCOCC2)nc1. The maximum absolute atomic E-state index is 10.7. The molecular formula is C14H18N4O3. The van der Waals surface area contributed by atoms with E-state index in [9.17, 15) is 4.79 Å². The number of aromatic nitrogens is 1. The molecule has 0 aromatic carbocycles. The molecule has 0 amide bonds. The van der Waals surface area contributed by atoms with Gasteiger partial charge in [-0.1, -0.05) is 0 Å². The zero-order valence-corrected chi connectivity index (χ0v) is 11.7. The van der Waals surface area contributed by atoms with Crippen molar-refractivity contribution in [2.24, 2.45) is 0 Å². The summed E-state index contributed by atoms with van der Waals surface area (Å²) < 4.78 is 5.30. The van der Waals surface area contributed by atoms with Crippen LogP contribution in [-0.2, 0) is 9.53 Å². The van der Waals surface area contributed by atoms with Gasteiger partial charge < -0.3 is 19.6 Å². The zero-order valence-electron chi connectivity index (χ0n) is 11.7. The summed E-state index contributed by atoms with van der Waals surface area (Å²) >= 11 is 0. The highest BCUT2D eigenvalue weighted by Crippen LogP contribution is 2.18. The minimum absolute atomic E-state index is 0.00705. The van der Waals surface area contributed by atoms with E-state index in [4.69, 9.17) is 15.1 Å². The van der Waals surface area contributed by atoms with Gasteiger partial charge in [0, 0.05) is 19.6 Å². The molecule has 7 heteroatoms. The third-order valence-corrected chi connectivity index (χ3v) is 3.29. The number of pyridine rings is 1. The Balaban J connectivity index is 2.04. The molecule has 1 N–H and O–H groups in total. The lowest BCUT2D eigenvalue weighted by Gasteiger charge is -2.28. The third kappa shape index (κ3) is 4.33. The lowest BCUT2D eigenvalue weighted by Crippen LogP contribution is -2.36. The second kappa shape index (κ2) is 7.45. The smallest absolute Gasteiger partial charge is 0.305 e. The summed E-state index contributed by atoms with van der Waals surface area (Å²) in [7, 11) is 0. The Morgan fingerprint density at radius 2 is 2.24 bits per heavy atom. The summed E-state index contributed by atoms with van der Waals surface area (Å²) in [6.07, 6.45) is 1.68. The maximum Gasteiger partial charge on any atom is 0.305 e. The molecule has 1 fully saturated rings. The van der Waals surface area contributed by atoms with Gasteiger partial charge in [-0.3, -0.25) is 4.79 Å². The van der Waals surface area contributed by atoms with Crippen molar-refractivity contribution in [3.8, 4) is 6.07 Å². The number of carboxylic acid groups (broad SMARTS) is 1. The van der Waals surface area contributed by atoms with E-state index < -0.39 is 5.97 Å². The molecule has 1 aromatic rings. The molecule has 1 aromatic heterocycles. The first-order valence-electron chi connectivity index (χ1n) is 6.83. The van der Waals surface area contributed by atoms with Crippen molar-refractivity contribution >= 4 is 17.5 Å². The molecule has 0 saturated carbocycles. The summed E-state index contributed by atoms with van der Waals surface area (Å²) in [6, 6.07) is 5.81. The van der Waals surface area contributed by atoms with Crippen LogP contribution < -0.4 is 9.80 Å². The summed E-state index contributed by atoms with van der Waals surface area (Å²) in [5, 5.41) is 17.6. The molecule has 7 nitrogen and oxygen atoms in total. The van der Waals surface area contributed by atoms with Crippen molar-refractivity contribution in [2.75, 3.05) is 49.2 Å². The molecule has 1 aliphatic heterocycles. The fraction of sp³-hybridized carbons (Fsp3) is 0.500. The van der Waals surface area contributed by atoms with Crippen LogP contribution in [0.5, 0.6) is 0 Å². The van der Waals surface area contributed by atoms with Crippen LogP contribution in [0.15, 0.2) is 18.3 Å². The van der Waals surface area contributed by atoms with Crippen LogP contribution in [0.1, 0.15) is 6.42 Å². The molecule has 112 valence electrons. The predicted octanol–water partition coefficient (Wildman–Crippen LogP) is 0.723. The Hall–Kier alpha value is -2.33. The fourth-order valence-corrected chi connectivity index (χ4v) is 2.16. The van der Waals surface area contributed by atoms with Crippen LogP contribution in [0.25, 0.3) is 0 Å². The first kappa shape index (κ1) is 15.1. The van der Waals surface area contributed by atoms with Gasteiger partial charge in [0.1, 0.15) is 12.4 Å². The third-order valence-electron chi connectivity index (χ3n) is 3.29. The number of anilines is 2. The van der Waals surface area contributed by atoms with Gasteiger partial charge in [0.05, 0.1) is 37.6 Å². The second-order valence-corrected chi connectivity index (χ2v) is 4.70. The monoisotopic (exact) mass is 290 g/mol. The molecule has 0 atom stereocenters. The van der Waals surface area contributed by atoms with Crippen LogP contribution in [0.2, 0.25) is 0 Å². The van der Waals surface area contributed by atoms with Gasteiger partial charge in [-0.05, 0) is 12.1 Å². The van der Waals surface area contributed by atoms with Gasteiger partial charge in [-0.25, -0.2) is 4.98 Å². The lowest BCUT2D eigenvalue weighted by atomic mass is 10.3. The fourth-order valence-electron chi connectivity index (χ4n) is 2.16. The van der Waals surface area contributed by atoms with Crippen LogP contribution >= 0.6 is 0 Å². The minimum atomic E-state index is -0.879. The number of nitriles is 1. The van der Waals surface area contributed by atoms with Crippen molar-refractivity contribution in [2.45, 2.75) is 6.42 Å². The molecule has 0 unspecified atom stereocenters. The van der Waals surface area contributed by atoms with Crippen LogP contribution in [-0.4, -0.2) is 55.5 Å². The van der Waals surface area contributed by atoms with E-state index in [-0.39, 0.29) is 13.0 Å². The van der Waals surface area contributed by atoms with Gasteiger partial charge in [0.15, 0.2) is 0 Å². The number of hydrogen-bond donors (Lipinski definition) is 1. The molecule has 1 saturated heterocycles. The first-order chi connectivity index (χ1) is 10.2. The van der Waals surface area contributed by atoms with Crippen molar-refractivity contribution in [3.05, 3.63) is 18.3 Å². The Morgan fingerprint density at radius 1 is 1.48 bits per heavy atom. The van der Waals surface area contributed by atoms with E-state index in [2.05, 4.69) is 9.88 Å². The number of carbonyl (C=O) groups is 1. The van der Waals surface area contributed by atoms with Gasteiger partial charge in [-0.15, -0.1) is 0 Å². The van der Waals surface area contributed by atoms with Gasteiger partial charge in [0.25, 0.3) is 0 Å². The average molecular weight is 290 g/mol. The minimum Gasteiger partial charge on any atom is -0.481 e. The second-order valence-electron chi connectivity index (χ2n) is 4.70. The summed E-state index contributed by atoms with van der Waals surface area (Å²) in [4.78, 5) is 18.9. The molecule has 21 heavy (non-hydrogen) atoms. The highest BCUT2D eigenvalue weighted by Gasteiger charge is 2.13. The molecular weight excluding hydrogens is 272 g/mol. The number of hydrogen-bond acceptors (Lipinski definition) is 6. The molecule has 2 heterocycles. The van der Waals surface area contributed by atoms with E-state index in [1.165, 1.54) is 0 Å². The topological polar surface area (TPSA) is 89.7 Å². The van der Waals surface area contributed by atoms with Crippen molar-refractivity contribution in [3.63, 3.8) is 0 Å². The van der Waals surface area contributed by atoms with E-state index in [1.807, 2.05) is 18.2 Å². The van der Waals surface area contributed by atoms with Crippen molar-refractivity contribution in [1.82, 2.24) is 4.98 Å². The normalized spacial score (nSPS) is 14.5. The standard InChI is InChI=1S/C14H18N4O3/c15-4-6-17(5-3-14(19)20)12-1-2-13(16-11-12)18-7-9-21-10-8-18/h1-2,11H,3,5-10H2,(H,19,20). The number of rotatable bonds is 6. The number of nitrogens with zero attached hydrogens (tertiary/aromatic N) is 4. The van der Waals surface area contributed by atoms with Gasteiger partial charge in [-0.2, -0.15) is 5.26 Å². The Bertz CT molecular complexity index is 506. The van der Waals surface area contributed by atoms with E-state index >= 15 is 0 Å². The Morgan fingerprint density at radius 3 is 2.81 bits per heavy atom. The first-order valence-corrected chi connectivity index (χ1v) is 6.83. The molecule has 0 spiro atoms. The van der Waals surface area contributed by atoms with Gasteiger partial charge in [0.2, 0.25) is 0 Å². The molecule has 1 aliphatic rings. The zero-order chi connectivity index (χ0) is 15.1. The average Bonchev–Trinajstić information content (AvgIpc) is 2.52. The predicted molar refractivity (Wildman–Crippen MR) is 77.3 cm³/mol. The summed E-state index contributed by atoms with van der Waals surface area (Å²) in [5.41, 5.74) is 0.759. The van der Waals surface area contributed by atoms with Crippen LogP contribution in [0, 0.1) is 11.3 Å². The molecule has 0 radical (unpaired) electrons. The largest absolute Gasteiger partial charge is 0.481 e. The number of carboxylic acids is 1. The maximum atomic E-state index is 10.7. The highest BCUT2D eigenvalue weighted by atomic mass is 16.5. The Labute approximate surface area is 123 Å². The summed E-state index contributed by atoms with van der Waals surface area (Å²) in [6.45, 7) is 3.46. The van der Waals surface area contributed by atoms with E-state index in [1.54, 1.807) is 11.1 Å². The quantitative estimate of drug-likeness (QED) is 0.772. The van der Waals surface area contributed by atoms with E-state index in [0.717, 1.165) is 24.6 Å². The number of morpholine rings is 1.